The smallest absolute Gasteiger partial charge is 0.313 e. The van der Waals surface area contributed by atoms with E-state index in [2.05, 4.69) is 34.9 Å². The standard InChI is InChI=1S/C22H30N4O2/c1-15-8-7-9-16(2)20(15)24-22(28)21(27)23-14-19(26(5)6)17-10-12-18(13-11-17)25(3)4/h7-13,19H,14H2,1-6H3,(H,23,27)(H,24,28)/p+1/t19-/m0/s1. The largest absolute Gasteiger partial charge is 0.378 e. The molecule has 0 radical (unpaired) electrons. The predicted molar refractivity (Wildman–Crippen MR) is 114 cm³/mol. The summed E-state index contributed by atoms with van der Waals surface area (Å²) in [4.78, 5) is 27.9. The first-order valence-corrected chi connectivity index (χ1v) is 9.43. The van der Waals surface area contributed by atoms with Crippen molar-refractivity contribution in [1.82, 2.24) is 5.32 Å². The van der Waals surface area contributed by atoms with E-state index >= 15 is 0 Å². The Morgan fingerprint density at radius 3 is 2.04 bits per heavy atom. The van der Waals surface area contributed by atoms with Crippen LogP contribution in [0, 0.1) is 13.8 Å². The summed E-state index contributed by atoms with van der Waals surface area (Å²) < 4.78 is 0. The minimum Gasteiger partial charge on any atom is -0.378 e. The third-order valence-corrected chi connectivity index (χ3v) is 4.90. The van der Waals surface area contributed by atoms with Gasteiger partial charge in [-0.05, 0) is 37.1 Å². The molecule has 0 fully saturated rings. The summed E-state index contributed by atoms with van der Waals surface area (Å²) in [6.45, 7) is 4.19. The van der Waals surface area contributed by atoms with Crippen LogP contribution in [0.2, 0.25) is 0 Å². The third-order valence-electron chi connectivity index (χ3n) is 4.90. The van der Waals surface area contributed by atoms with Crippen LogP contribution in [0.25, 0.3) is 0 Å². The quantitative estimate of drug-likeness (QED) is 0.659. The van der Waals surface area contributed by atoms with Gasteiger partial charge in [-0.3, -0.25) is 9.59 Å². The summed E-state index contributed by atoms with van der Waals surface area (Å²) in [7, 11) is 8.07. The number of hydrogen-bond acceptors (Lipinski definition) is 3. The number of rotatable bonds is 6. The van der Waals surface area contributed by atoms with Crippen LogP contribution >= 0.6 is 0 Å². The molecule has 0 aromatic heterocycles. The molecule has 0 unspecified atom stereocenters. The molecule has 0 aliphatic carbocycles. The van der Waals surface area contributed by atoms with E-state index < -0.39 is 11.8 Å². The van der Waals surface area contributed by atoms with Gasteiger partial charge in [-0.25, -0.2) is 0 Å². The lowest BCUT2D eigenvalue weighted by atomic mass is 10.1. The summed E-state index contributed by atoms with van der Waals surface area (Å²) in [5.41, 5.74) is 4.78. The molecule has 150 valence electrons. The average Bonchev–Trinajstić information content (AvgIpc) is 2.64. The molecule has 6 heteroatoms. The number of hydrogen-bond donors (Lipinski definition) is 3. The highest BCUT2D eigenvalue weighted by Gasteiger charge is 2.22. The van der Waals surface area contributed by atoms with Gasteiger partial charge in [0.25, 0.3) is 0 Å². The third kappa shape index (κ3) is 5.33. The van der Waals surface area contributed by atoms with Crippen LogP contribution < -0.4 is 20.4 Å². The highest BCUT2D eigenvalue weighted by Crippen LogP contribution is 2.19. The second-order valence-electron chi connectivity index (χ2n) is 7.55. The molecule has 6 nitrogen and oxygen atoms in total. The molecule has 28 heavy (non-hydrogen) atoms. The lowest BCUT2D eigenvalue weighted by Gasteiger charge is -2.23. The molecule has 0 bridgehead atoms. The molecular formula is C22H31N4O2+. The SMILES string of the molecule is Cc1cccc(C)c1NC(=O)C(=O)NC[C@@H](c1ccc(N(C)C)cc1)[NH+](C)C. The highest BCUT2D eigenvalue weighted by atomic mass is 16.2. The fourth-order valence-corrected chi connectivity index (χ4v) is 3.12. The lowest BCUT2D eigenvalue weighted by molar-refractivity contribution is -0.890. The first-order chi connectivity index (χ1) is 13.2. The molecule has 2 rings (SSSR count). The number of amides is 2. The van der Waals surface area contributed by atoms with Gasteiger partial charge in [0.2, 0.25) is 0 Å². The van der Waals surface area contributed by atoms with Crippen LogP contribution in [0.4, 0.5) is 11.4 Å². The molecule has 0 aliphatic heterocycles. The van der Waals surface area contributed by atoms with Crippen molar-refractivity contribution in [3.05, 3.63) is 59.2 Å². The Kier molecular flexibility index (Phi) is 7.18. The second-order valence-corrected chi connectivity index (χ2v) is 7.55. The van der Waals surface area contributed by atoms with Crippen molar-refractivity contribution in [3.8, 4) is 0 Å². The van der Waals surface area contributed by atoms with Gasteiger partial charge in [0, 0.05) is 31.0 Å². The first-order valence-electron chi connectivity index (χ1n) is 9.43. The van der Waals surface area contributed by atoms with Crippen LogP contribution in [0.15, 0.2) is 42.5 Å². The molecule has 3 N–H and O–H groups in total. The molecule has 0 spiro atoms. The first kappa shape index (κ1) is 21.4. The number of likely N-dealkylation sites (N-methyl/N-ethyl adjacent to an activating group) is 1. The van der Waals surface area contributed by atoms with E-state index in [0.717, 1.165) is 22.4 Å². The number of nitrogens with zero attached hydrogens (tertiary/aromatic N) is 1. The number of carbonyl (C=O) groups is 2. The van der Waals surface area contributed by atoms with E-state index in [0.29, 0.717) is 12.2 Å². The fourth-order valence-electron chi connectivity index (χ4n) is 3.12. The average molecular weight is 384 g/mol. The number of aryl methyl sites for hydroxylation is 2. The van der Waals surface area contributed by atoms with Crippen LogP contribution in [0.1, 0.15) is 22.7 Å². The van der Waals surface area contributed by atoms with Gasteiger partial charge >= 0.3 is 11.8 Å². The van der Waals surface area contributed by atoms with Crippen LogP contribution in [-0.2, 0) is 9.59 Å². The Bertz CT molecular complexity index is 809. The summed E-state index contributed by atoms with van der Waals surface area (Å²) in [5.74, 6) is -1.27. The Morgan fingerprint density at radius 1 is 0.964 bits per heavy atom. The number of para-hydroxylation sites is 1. The maximum atomic E-state index is 12.3. The summed E-state index contributed by atoms with van der Waals surface area (Å²) in [6.07, 6.45) is 0. The lowest BCUT2D eigenvalue weighted by Crippen LogP contribution is -3.07. The highest BCUT2D eigenvalue weighted by molar-refractivity contribution is 6.39. The Labute approximate surface area is 167 Å². The van der Waals surface area contributed by atoms with Crippen LogP contribution in [0.3, 0.4) is 0 Å². The summed E-state index contributed by atoms with van der Waals surface area (Å²) >= 11 is 0. The number of benzene rings is 2. The molecule has 2 aromatic rings. The zero-order valence-electron chi connectivity index (χ0n) is 17.6. The molecule has 2 aromatic carbocycles. The second kappa shape index (κ2) is 9.37. The van der Waals surface area contributed by atoms with Crippen molar-refractivity contribution < 1.29 is 14.5 Å². The van der Waals surface area contributed by atoms with Crippen molar-refractivity contribution in [3.63, 3.8) is 0 Å². The van der Waals surface area contributed by atoms with E-state index in [9.17, 15) is 9.59 Å². The molecular weight excluding hydrogens is 352 g/mol. The predicted octanol–water partition coefficient (Wildman–Crippen LogP) is 1.31. The fraction of sp³-hybridized carbons (Fsp3) is 0.364. The molecule has 2 amide bonds. The Hall–Kier alpha value is -2.86. The molecule has 1 atom stereocenters. The van der Waals surface area contributed by atoms with Gasteiger partial charge < -0.3 is 20.4 Å². The number of quaternary nitrogens is 1. The van der Waals surface area contributed by atoms with E-state index in [1.54, 1.807) is 0 Å². The maximum Gasteiger partial charge on any atom is 0.313 e. The minimum atomic E-state index is -0.645. The van der Waals surface area contributed by atoms with Gasteiger partial charge in [-0.2, -0.15) is 0 Å². The molecule has 0 saturated carbocycles. The van der Waals surface area contributed by atoms with Gasteiger partial charge in [0.05, 0.1) is 20.6 Å². The molecule has 0 saturated heterocycles. The van der Waals surface area contributed by atoms with Crippen molar-refractivity contribution in [2.75, 3.05) is 45.0 Å². The van der Waals surface area contributed by atoms with Gasteiger partial charge in [-0.1, -0.05) is 30.3 Å². The van der Waals surface area contributed by atoms with Gasteiger partial charge in [0.1, 0.15) is 6.04 Å². The zero-order chi connectivity index (χ0) is 20.8. The van der Waals surface area contributed by atoms with E-state index in [-0.39, 0.29) is 6.04 Å². The van der Waals surface area contributed by atoms with Crippen LogP contribution in [0.5, 0.6) is 0 Å². The normalized spacial score (nSPS) is 11.8. The van der Waals surface area contributed by atoms with Gasteiger partial charge in [-0.15, -0.1) is 0 Å². The summed E-state index contributed by atoms with van der Waals surface area (Å²) in [6, 6.07) is 14.0. The zero-order valence-corrected chi connectivity index (χ0v) is 17.6. The minimum absolute atomic E-state index is 0.0492. The monoisotopic (exact) mass is 383 g/mol. The van der Waals surface area contributed by atoms with Crippen molar-refractivity contribution in [1.29, 1.82) is 0 Å². The Balaban J connectivity index is 2.02. The number of nitrogens with one attached hydrogen (secondary N) is 3. The number of carbonyl (C=O) groups excluding carboxylic acids is 2. The van der Waals surface area contributed by atoms with E-state index in [1.807, 2.05) is 65.1 Å². The van der Waals surface area contributed by atoms with Crippen molar-refractivity contribution >= 4 is 23.2 Å². The van der Waals surface area contributed by atoms with Crippen molar-refractivity contribution in [2.45, 2.75) is 19.9 Å². The maximum absolute atomic E-state index is 12.3. The number of anilines is 2. The van der Waals surface area contributed by atoms with E-state index in [1.165, 1.54) is 4.90 Å². The van der Waals surface area contributed by atoms with Crippen LogP contribution in [-0.4, -0.2) is 46.5 Å². The van der Waals surface area contributed by atoms with Gasteiger partial charge in [0.15, 0.2) is 0 Å². The Morgan fingerprint density at radius 2 is 1.54 bits per heavy atom. The van der Waals surface area contributed by atoms with Crippen molar-refractivity contribution in [2.24, 2.45) is 0 Å². The van der Waals surface area contributed by atoms with E-state index in [4.69, 9.17) is 0 Å². The molecule has 0 aliphatic rings. The summed E-state index contributed by atoms with van der Waals surface area (Å²) in [5, 5.41) is 5.50. The molecule has 0 heterocycles. The topological polar surface area (TPSA) is 65.9 Å².